The van der Waals surface area contributed by atoms with E-state index >= 15 is 0 Å². The maximum Gasteiger partial charge on any atom is 0.126 e. The van der Waals surface area contributed by atoms with Crippen LogP contribution >= 0.6 is 0 Å². The number of methoxy groups -OCH3 is 1. The SMILES string of the molecule is COCc1ccccc1CNc1cccc(C)n1. The van der Waals surface area contributed by atoms with E-state index in [1.807, 2.05) is 37.3 Å². The first-order valence-corrected chi connectivity index (χ1v) is 6.03. The molecule has 94 valence electrons. The van der Waals surface area contributed by atoms with Crippen molar-refractivity contribution in [1.82, 2.24) is 4.98 Å². The summed E-state index contributed by atoms with van der Waals surface area (Å²) in [4.78, 5) is 4.42. The lowest BCUT2D eigenvalue weighted by molar-refractivity contribution is 0.184. The lowest BCUT2D eigenvalue weighted by Crippen LogP contribution is -2.05. The van der Waals surface area contributed by atoms with Gasteiger partial charge in [-0.1, -0.05) is 30.3 Å². The van der Waals surface area contributed by atoms with E-state index in [4.69, 9.17) is 4.74 Å². The summed E-state index contributed by atoms with van der Waals surface area (Å²) in [7, 11) is 1.71. The molecule has 3 heteroatoms. The van der Waals surface area contributed by atoms with Crippen LogP contribution in [0.4, 0.5) is 5.82 Å². The molecule has 0 radical (unpaired) electrons. The van der Waals surface area contributed by atoms with Crippen molar-refractivity contribution in [2.75, 3.05) is 12.4 Å². The van der Waals surface area contributed by atoms with Crippen molar-refractivity contribution in [2.45, 2.75) is 20.1 Å². The first-order chi connectivity index (χ1) is 8.79. The van der Waals surface area contributed by atoms with Gasteiger partial charge in [0.25, 0.3) is 0 Å². The molecule has 1 heterocycles. The predicted molar refractivity (Wildman–Crippen MR) is 73.5 cm³/mol. The number of benzene rings is 1. The number of aromatic nitrogens is 1. The minimum absolute atomic E-state index is 0.638. The number of hydrogen-bond acceptors (Lipinski definition) is 3. The second kappa shape index (κ2) is 6.17. The summed E-state index contributed by atoms with van der Waals surface area (Å²) >= 11 is 0. The van der Waals surface area contributed by atoms with Crippen LogP contribution in [-0.4, -0.2) is 12.1 Å². The maximum absolute atomic E-state index is 5.20. The van der Waals surface area contributed by atoms with Gasteiger partial charge in [-0.2, -0.15) is 0 Å². The molecule has 0 saturated carbocycles. The Balaban J connectivity index is 2.06. The number of nitrogens with zero attached hydrogens (tertiary/aromatic N) is 1. The average molecular weight is 242 g/mol. The highest BCUT2D eigenvalue weighted by Crippen LogP contribution is 2.12. The standard InChI is InChI=1S/C15H18N2O/c1-12-6-5-9-15(17-12)16-10-13-7-3-4-8-14(13)11-18-2/h3-9H,10-11H2,1-2H3,(H,16,17). The number of anilines is 1. The second-order valence-corrected chi connectivity index (χ2v) is 4.22. The van der Waals surface area contributed by atoms with Crippen LogP contribution in [0.2, 0.25) is 0 Å². The summed E-state index contributed by atoms with van der Waals surface area (Å²) in [5.74, 6) is 0.905. The molecule has 18 heavy (non-hydrogen) atoms. The molecule has 0 aliphatic rings. The fourth-order valence-corrected chi connectivity index (χ4v) is 1.85. The van der Waals surface area contributed by atoms with Crippen molar-refractivity contribution in [3.05, 3.63) is 59.3 Å². The molecule has 0 amide bonds. The van der Waals surface area contributed by atoms with Gasteiger partial charge in [0.15, 0.2) is 0 Å². The van der Waals surface area contributed by atoms with Crippen molar-refractivity contribution in [3.63, 3.8) is 0 Å². The van der Waals surface area contributed by atoms with Crippen molar-refractivity contribution in [3.8, 4) is 0 Å². The third kappa shape index (κ3) is 3.31. The molecule has 1 aromatic heterocycles. The molecular formula is C15H18N2O. The first kappa shape index (κ1) is 12.6. The molecule has 0 saturated heterocycles. The Morgan fingerprint density at radius 1 is 1.06 bits per heavy atom. The van der Waals surface area contributed by atoms with E-state index in [9.17, 15) is 0 Å². The zero-order valence-electron chi connectivity index (χ0n) is 10.8. The third-order valence-corrected chi connectivity index (χ3v) is 2.77. The second-order valence-electron chi connectivity index (χ2n) is 4.22. The van der Waals surface area contributed by atoms with Gasteiger partial charge in [-0.05, 0) is 30.2 Å². The molecule has 0 atom stereocenters. The predicted octanol–water partition coefficient (Wildman–Crippen LogP) is 3.15. The minimum atomic E-state index is 0.638. The molecule has 1 N–H and O–H groups in total. The average Bonchev–Trinajstić information content (AvgIpc) is 2.38. The lowest BCUT2D eigenvalue weighted by Gasteiger charge is -2.10. The summed E-state index contributed by atoms with van der Waals surface area (Å²) in [6.07, 6.45) is 0. The third-order valence-electron chi connectivity index (χ3n) is 2.77. The van der Waals surface area contributed by atoms with E-state index in [0.29, 0.717) is 6.61 Å². The maximum atomic E-state index is 5.20. The van der Waals surface area contributed by atoms with Crippen molar-refractivity contribution in [1.29, 1.82) is 0 Å². The van der Waals surface area contributed by atoms with Gasteiger partial charge in [-0.25, -0.2) is 4.98 Å². The van der Waals surface area contributed by atoms with E-state index in [1.165, 1.54) is 11.1 Å². The van der Waals surface area contributed by atoms with Crippen LogP contribution in [0.25, 0.3) is 0 Å². The van der Waals surface area contributed by atoms with Gasteiger partial charge >= 0.3 is 0 Å². The summed E-state index contributed by atoms with van der Waals surface area (Å²) in [6, 6.07) is 14.2. The Bertz CT molecular complexity index is 511. The van der Waals surface area contributed by atoms with Gasteiger partial charge in [-0.3, -0.25) is 0 Å². The highest BCUT2D eigenvalue weighted by Gasteiger charge is 2.01. The van der Waals surface area contributed by atoms with Crippen LogP contribution in [0.1, 0.15) is 16.8 Å². The van der Waals surface area contributed by atoms with Gasteiger partial charge in [0.1, 0.15) is 5.82 Å². The van der Waals surface area contributed by atoms with Gasteiger partial charge in [0, 0.05) is 19.3 Å². The zero-order valence-corrected chi connectivity index (χ0v) is 10.8. The fraction of sp³-hybridized carbons (Fsp3) is 0.267. The number of aryl methyl sites for hydroxylation is 1. The van der Waals surface area contributed by atoms with Crippen molar-refractivity contribution >= 4 is 5.82 Å². The summed E-state index contributed by atoms with van der Waals surface area (Å²) in [5.41, 5.74) is 3.47. The monoisotopic (exact) mass is 242 g/mol. The minimum Gasteiger partial charge on any atom is -0.380 e. The Hall–Kier alpha value is -1.87. The molecule has 0 unspecified atom stereocenters. The van der Waals surface area contributed by atoms with Crippen LogP contribution in [0.5, 0.6) is 0 Å². The number of ether oxygens (including phenoxy) is 1. The molecule has 0 aliphatic heterocycles. The van der Waals surface area contributed by atoms with Crippen LogP contribution < -0.4 is 5.32 Å². The van der Waals surface area contributed by atoms with Crippen LogP contribution in [-0.2, 0) is 17.9 Å². The molecule has 1 aromatic carbocycles. The fourth-order valence-electron chi connectivity index (χ4n) is 1.85. The van der Waals surface area contributed by atoms with Gasteiger partial charge in [0.2, 0.25) is 0 Å². The number of hydrogen-bond donors (Lipinski definition) is 1. The Morgan fingerprint density at radius 3 is 2.56 bits per heavy atom. The van der Waals surface area contributed by atoms with Gasteiger partial charge in [-0.15, -0.1) is 0 Å². The van der Waals surface area contributed by atoms with Crippen molar-refractivity contribution < 1.29 is 4.74 Å². The van der Waals surface area contributed by atoms with E-state index in [1.54, 1.807) is 7.11 Å². The molecule has 2 aromatic rings. The molecular weight excluding hydrogens is 224 g/mol. The molecule has 0 aliphatic carbocycles. The highest BCUT2D eigenvalue weighted by molar-refractivity contribution is 5.38. The smallest absolute Gasteiger partial charge is 0.126 e. The molecule has 0 fully saturated rings. The van der Waals surface area contributed by atoms with E-state index < -0.39 is 0 Å². The lowest BCUT2D eigenvalue weighted by atomic mass is 10.1. The number of rotatable bonds is 5. The van der Waals surface area contributed by atoms with Gasteiger partial charge < -0.3 is 10.1 Å². The largest absolute Gasteiger partial charge is 0.380 e. The summed E-state index contributed by atoms with van der Waals surface area (Å²) in [6.45, 7) is 3.39. The van der Waals surface area contributed by atoms with Crippen LogP contribution in [0.15, 0.2) is 42.5 Å². The van der Waals surface area contributed by atoms with Crippen LogP contribution in [0, 0.1) is 6.92 Å². The van der Waals surface area contributed by atoms with Gasteiger partial charge in [0.05, 0.1) is 6.61 Å². The highest BCUT2D eigenvalue weighted by atomic mass is 16.5. The Labute approximate surface area is 108 Å². The van der Waals surface area contributed by atoms with E-state index in [2.05, 4.69) is 22.4 Å². The topological polar surface area (TPSA) is 34.1 Å². The van der Waals surface area contributed by atoms with E-state index in [-0.39, 0.29) is 0 Å². The number of pyridine rings is 1. The molecule has 0 bridgehead atoms. The van der Waals surface area contributed by atoms with Crippen molar-refractivity contribution in [2.24, 2.45) is 0 Å². The zero-order chi connectivity index (χ0) is 12.8. The number of nitrogens with one attached hydrogen (secondary N) is 1. The Morgan fingerprint density at radius 2 is 1.83 bits per heavy atom. The summed E-state index contributed by atoms with van der Waals surface area (Å²) < 4.78 is 5.20. The molecule has 3 nitrogen and oxygen atoms in total. The van der Waals surface area contributed by atoms with Crippen LogP contribution in [0.3, 0.4) is 0 Å². The Kier molecular flexibility index (Phi) is 4.31. The summed E-state index contributed by atoms with van der Waals surface area (Å²) in [5, 5.41) is 3.33. The van der Waals surface area contributed by atoms with E-state index in [0.717, 1.165) is 18.1 Å². The molecule has 0 spiro atoms. The molecule has 2 rings (SSSR count). The quantitative estimate of drug-likeness (QED) is 0.874. The normalized spacial score (nSPS) is 10.3. The first-order valence-electron chi connectivity index (χ1n) is 6.03.